The van der Waals surface area contributed by atoms with Crippen LogP contribution in [0.2, 0.25) is 0 Å². The van der Waals surface area contributed by atoms with E-state index in [1.807, 2.05) is 39.0 Å². The third-order valence-electron chi connectivity index (χ3n) is 6.10. The molecule has 0 unspecified atom stereocenters. The lowest BCUT2D eigenvalue weighted by molar-refractivity contribution is -0.0708. The lowest BCUT2D eigenvalue weighted by atomic mass is 9.90. The number of benzene rings is 1. The van der Waals surface area contributed by atoms with Crippen molar-refractivity contribution in [1.82, 2.24) is 10.4 Å². The molecule has 31 heavy (non-hydrogen) atoms. The van der Waals surface area contributed by atoms with Gasteiger partial charge in [0.25, 0.3) is 0 Å². The number of methoxy groups -OCH3 is 1. The molecule has 1 saturated heterocycles. The van der Waals surface area contributed by atoms with Crippen LogP contribution in [-0.4, -0.2) is 48.5 Å². The molecule has 1 aromatic rings. The molecule has 0 atom stereocenters. The van der Waals surface area contributed by atoms with Crippen LogP contribution in [0.15, 0.2) is 24.3 Å². The van der Waals surface area contributed by atoms with Gasteiger partial charge in [-0.15, -0.1) is 0 Å². The molecule has 2 heterocycles. The molecule has 0 bridgehead atoms. The molecule has 7 heteroatoms. The Morgan fingerprint density at radius 3 is 2.52 bits per heavy atom. The van der Waals surface area contributed by atoms with Gasteiger partial charge in [-0.2, -0.15) is 0 Å². The van der Waals surface area contributed by atoms with Crippen LogP contribution in [0.5, 0.6) is 11.5 Å². The molecule has 2 fully saturated rings. The molecule has 7 nitrogen and oxygen atoms in total. The van der Waals surface area contributed by atoms with Gasteiger partial charge in [0.05, 0.1) is 18.9 Å². The third-order valence-corrected chi connectivity index (χ3v) is 6.10. The number of hydroxylamine groups is 1. The van der Waals surface area contributed by atoms with Gasteiger partial charge in [-0.25, -0.2) is 4.79 Å². The number of piperidine rings is 1. The minimum atomic E-state index is -0.489. The van der Waals surface area contributed by atoms with Crippen LogP contribution in [0, 0.1) is 0 Å². The molecule has 0 aromatic heterocycles. The molecule has 1 aromatic carbocycles. The first-order valence-electron chi connectivity index (χ1n) is 11.3. The highest BCUT2D eigenvalue weighted by Gasteiger charge is 2.40. The highest BCUT2D eigenvalue weighted by Crippen LogP contribution is 2.38. The summed E-state index contributed by atoms with van der Waals surface area (Å²) in [6.45, 7) is 6.84. The number of hydrogen-bond acceptors (Lipinski definition) is 6. The van der Waals surface area contributed by atoms with E-state index in [1.54, 1.807) is 12.0 Å². The Morgan fingerprint density at radius 2 is 1.87 bits per heavy atom. The average Bonchev–Trinajstić information content (AvgIpc) is 3.38. The van der Waals surface area contributed by atoms with E-state index in [0.717, 1.165) is 35.6 Å². The molecular formula is C24H34N2O5. The average molecular weight is 431 g/mol. The number of ether oxygens (including phenoxy) is 3. The first-order valence-corrected chi connectivity index (χ1v) is 11.3. The number of nitrogens with zero attached hydrogens (tertiary/aromatic N) is 1. The van der Waals surface area contributed by atoms with Crippen molar-refractivity contribution in [3.63, 3.8) is 0 Å². The molecule has 1 saturated carbocycles. The van der Waals surface area contributed by atoms with E-state index in [1.165, 1.54) is 12.8 Å². The van der Waals surface area contributed by atoms with E-state index in [2.05, 4.69) is 11.6 Å². The van der Waals surface area contributed by atoms with Crippen LogP contribution >= 0.6 is 0 Å². The molecule has 0 radical (unpaired) electrons. The number of amides is 1. The largest absolute Gasteiger partial charge is 0.493 e. The fraction of sp³-hybridized carbons (Fsp3) is 0.625. The predicted octanol–water partition coefficient (Wildman–Crippen LogP) is 4.66. The summed E-state index contributed by atoms with van der Waals surface area (Å²) in [7, 11) is 1.67. The summed E-state index contributed by atoms with van der Waals surface area (Å²) in [6.07, 6.45) is 8.18. The Balaban J connectivity index is 1.44. The summed E-state index contributed by atoms with van der Waals surface area (Å²) in [5.41, 5.74) is 4.12. The van der Waals surface area contributed by atoms with Crippen molar-refractivity contribution in [3.8, 4) is 11.5 Å². The quantitative estimate of drug-likeness (QED) is 0.749. The van der Waals surface area contributed by atoms with Gasteiger partial charge in [-0.3, -0.25) is 10.3 Å². The number of rotatable bonds is 4. The normalized spacial score (nSPS) is 21.0. The first-order chi connectivity index (χ1) is 14.8. The molecule has 1 N–H and O–H groups in total. The van der Waals surface area contributed by atoms with E-state index >= 15 is 0 Å². The Bertz CT molecular complexity index is 831. The second-order valence-corrected chi connectivity index (χ2v) is 9.68. The van der Waals surface area contributed by atoms with E-state index in [4.69, 9.17) is 19.0 Å². The number of carbonyl (C=O) groups excluding carboxylic acids is 1. The van der Waals surface area contributed by atoms with E-state index in [9.17, 15) is 4.79 Å². The molecule has 1 spiro atoms. The zero-order valence-electron chi connectivity index (χ0n) is 19.0. The van der Waals surface area contributed by atoms with Crippen molar-refractivity contribution < 1.29 is 23.8 Å². The molecule has 1 aliphatic carbocycles. The Morgan fingerprint density at radius 1 is 1.16 bits per heavy atom. The standard InChI is InChI=1S/C24H34N2O5/c1-23(2,3)30-22(27)26-13-11-24(12-14-26)16-19(25-31-24)17-9-10-20(28-4)21(15-17)29-18-7-5-6-8-18/h9-10,15-16,18,25H,5-8,11-14H2,1-4H3. The second-order valence-electron chi connectivity index (χ2n) is 9.68. The summed E-state index contributed by atoms with van der Waals surface area (Å²) < 4.78 is 17.2. The summed E-state index contributed by atoms with van der Waals surface area (Å²) in [6, 6.07) is 5.98. The van der Waals surface area contributed by atoms with Crippen molar-refractivity contribution in [2.45, 2.75) is 76.6 Å². The zero-order valence-corrected chi connectivity index (χ0v) is 19.0. The van der Waals surface area contributed by atoms with Crippen LogP contribution in [0.25, 0.3) is 5.70 Å². The minimum absolute atomic E-state index is 0.259. The Labute approximate surface area is 184 Å². The maximum Gasteiger partial charge on any atom is 0.410 e. The highest BCUT2D eigenvalue weighted by molar-refractivity contribution is 5.70. The van der Waals surface area contributed by atoms with Crippen LogP contribution in [-0.2, 0) is 9.57 Å². The Kier molecular flexibility index (Phi) is 6.06. The van der Waals surface area contributed by atoms with Gasteiger partial charge in [0.1, 0.15) is 11.2 Å². The summed E-state index contributed by atoms with van der Waals surface area (Å²) in [5, 5.41) is 0. The van der Waals surface area contributed by atoms with Gasteiger partial charge >= 0.3 is 6.09 Å². The summed E-state index contributed by atoms with van der Waals surface area (Å²) >= 11 is 0. The predicted molar refractivity (Wildman–Crippen MR) is 118 cm³/mol. The lowest BCUT2D eigenvalue weighted by Gasteiger charge is -2.37. The maximum absolute atomic E-state index is 12.3. The molecule has 4 rings (SSSR count). The molecule has 170 valence electrons. The van der Waals surface area contributed by atoms with E-state index in [0.29, 0.717) is 25.9 Å². The SMILES string of the molecule is COc1ccc(C2=CC3(CCN(C(=O)OC(C)(C)C)CC3)ON2)cc1OC1CCCC1. The zero-order chi connectivity index (χ0) is 22.1. The topological polar surface area (TPSA) is 69.3 Å². The summed E-state index contributed by atoms with van der Waals surface area (Å²) in [5.74, 6) is 1.52. The van der Waals surface area contributed by atoms with Crippen LogP contribution in [0.1, 0.15) is 64.9 Å². The van der Waals surface area contributed by atoms with Gasteiger partial charge in [-0.05, 0) is 70.7 Å². The van der Waals surface area contributed by atoms with E-state index in [-0.39, 0.29) is 12.2 Å². The van der Waals surface area contributed by atoms with Gasteiger partial charge in [0.15, 0.2) is 11.5 Å². The molecule has 3 aliphatic rings. The van der Waals surface area contributed by atoms with E-state index < -0.39 is 11.2 Å². The third kappa shape index (κ3) is 5.09. The van der Waals surface area contributed by atoms with Crippen LogP contribution in [0.3, 0.4) is 0 Å². The number of carbonyl (C=O) groups is 1. The monoisotopic (exact) mass is 430 g/mol. The Hall–Kier alpha value is -2.41. The van der Waals surface area contributed by atoms with Crippen molar-refractivity contribution in [2.75, 3.05) is 20.2 Å². The number of nitrogens with one attached hydrogen (secondary N) is 1. The minimum Gasteiger partial charge on any atom is -0.493 e. The highest BCUT2D eigenvalue weighted by atomic mass is 16.7. The van der Waals surface area contributed by atoms with Crippen molar-refractivity contribution in [2.24, 2.45) is 0 Å². The van der Waals surface area contributed by atoms with Crippen LogP contribution in [0.4, 0.5) is 4.79 Å². The second kappa shape index (κ2) is 8.61. The van der Waals surface area contributed by atoms with Crippen molar-refractivity contribution in [1.29, 1.82) is 0 Å². The maximum atomic E-state index is 12.3. The van der Waals surface area contributed by atoms with Gasteiger partial charge in [-0.1, -0.05) is 0 Å². The van der Waals surface area contributed by atoms with Crippen molar-refractivity contribution >= 4 is 11.8 Å². The smallest absolute Gasteiger partial charge is 0.410 e. The van der Waals surface area contributed by atoms with Crippen molar-refractivity contribution in [3.05, 3.63) is 29.8 Å². The summed E-state index contributed by atoms with van der Waals surface area (Å²) in [4.78, 5) is 20.1. The molecule has 1 amide bonds. The number of likely N-dealkylation sites (tertiary alicyclic amines) is 1. The fourth-order valence-electron chi connectivity index (χ4n) is 4.38. The van der Waals surface area contributed by atoms with Gasteiger partial charge in [0.2, 0.25) is 0 Å². The first kappa shape index (κ1) is 21.8. The number of hydrogen-bond donors (Lipinski definition) is 1. The molecule has 2 aliphatic heterocycles. The molecular weight excluding hydrogens is 396 g/mol. The van der Waals surface area contributed by atoms with Crippen LogP contribution < -0.4 is 15.0 Å². The van der Waals surface area contributed by atoms with Gasteiger partial charge < -0.3 is 19.1 Å². The lowest BCUT2D eigenvalue weighted by Crippen LogP contribution is -2.48. The van der Waals surface area contributed by atoms with Gasteiger partial charge in [0, 0.05) is 31.5 Å². The fourth-order valence-corrected chi connectivity index (χ4v) is 4.38.